The van der Waals surface area contributed by atoms with Crippen molar-refractivity contribution in [1.29, 1.82) is 0 Å². The Morgan fingerprint density at radius 1 is 0.786 bits per heavy atom. The van der Waals surface area contributed by atoms with Gasteiger partial charge in [0.15, 0.2) is 3.79 Å². The van der Waals surface area contributed by atoms with Gasteiger partial charge in [0, 0.05) is 6.42 Å². The van der Waals surface area contributed by atoms with Crippen LogP contribution in [0.2, 0.25) is 0 Å². The number of hydrogen-bond donors (Lipinski definition) is 0. The van der Waals surface area contributed by atoms with Gasteiger partial charge in [-0.25, -0.2) is 0 Å². The third-order valence-electron chi connectivity index (χ3n) is 2.22. The van der Waals surface area contributed by atoms with Crippen molar-refractivity contribution in [2.75, 3.05) is 0 Å². The van der Waals surface area contributed by atoms with Crippen LogP contribution in [0.3, 0.4) is 0 Å². The van der Waals surface area contributed by atoms with Crippen LogP contribution < -0.4 is 0 Å². The average Bonchev–Trinajstić information content (AvgIpc) is 1.75. The first kappa shape index (κ1) is 14.9. The second kappa shape index (κ2) is 4.39. The standard InChI is InChI=1S/C11H20Cl3/c1-9(2,3)8(10(4,5)6)7-11(12,13)14/h7-8H,1-6H3. The topological polar surface area (TPSA) is 0 Å². The molecule has 0 saturated carbocycles. The Bertz CT molecular complexity index is 164. The Morgan fingerprint density at radius 2 is 1.07 bits per heavy atom. The van der Waals surface area contributed by atoms with E-state index in [9.17, 15) is 0 Å². The van der Waals surface area contributed by atoms with E-state index >= 15 is 0 Å². The lowest BCUT2D eigenvalue weighted by Gasteiger charge is -2.42. The van der Waals surface area contributed by atoms with E-state index in [0.717, 1.165) is 0 Å². The van der Waals surface area contributed by atoms with E-state index < -0.39 is 3.79 Å². The van der Waals surface area contributed by atoms with Crippen molar-refractivity contribution in [2.45, 2.75) is 45.3 Å². The first-order valence-electron chi connectivity index (χ1n) is 4.77. The molecule has 0 aromatic carbocycles. The first-order chi connectivity index (χ1) is 5.84. The summed E-state index contributed by atoms with van der Waals surface area (Å²) in [5.41, 5.74) is 0.199. The van der Waals surface area contributed by atoms with Crippen LogP contribution in [0.25, 0.3) is 0 Å². The highest BCUT2D eigenvalue weighted by molar-refractivity contribution is 6.68. The van der Waals surface area contributed by atoms with Crippen molar-refractivity contribution in [3.8, 4) is 0 Å². The Morgan fingerprint density at radius 3 is 1.14 bits per heavy atom. The monoisotopic (exact) mass is 257 g/mol. The molecule has 0 aliphatic heterocycles. The summed E-state index contributed by atoms with van der Waals surface area (Å²) in [7, 11) is 0. The molecule has 0 aliphatic rings. The molecular weight excluding hydrogens is 238 g/mol. The van der Waals surface area contributed by atoms with E-state index in [1.165, 1.54) is 0 Å². The van der Waals surface area contributed by atoms with E-state index in [1.54, 1.807) is 0 Å². The maximum atomic E-state index is 5.82. The molecule has 0 nitrogen and oxygen atoms in total. The van der Waals surface area contributed by atoms with Gasteiger partial charge in [-0.2, -0.15) is 0 Å². The minimum Gasteiger partial charge on any atom is -0.0833 e. The van der Waals surface area contributed by atoms with Crippen molar-refractivity contribution in [1.82, 2.24) is 0 Å². The summed E-state index contributed by atoms with van der Waals surface area (Å²) in [4.78, 5) is 0. The van der Waals surface area contributed by atoms with E-state index in [1.807, 2.05) is 6.42 Å². The Hall–Kier alpha value is 0.870. The zero-order valence-electron chi connectivity index (χ0n) is 9.79. The van der Waals surface area contributed by atoms with Gasteiger partial charge in [0.2, 0.25) is 0 Å². The molecule has 85 valence electrons. The molecule has 0 fully saturated rings. The minimum absolute atomic E-state index is 0.0994. The van der Waals surface area contributed by atoms with Crippen molar-refractivity contribution >= 4 is 34.8 Å². The van der Waals surface area contributed by atoms with E-state index in [2.05, 4.69) is 41.5 Å². The average molecular weight is 259 g/mol. The molecule has 0 N–H and O–H groups in total. The molecule has 0 heterocycles. The van der Waals surface area contributed by atoms with Gasteiger partial charge in [0.1, 0.15) is 0 Å². The highest BCUT2D eigenvalue weighted by Gasteiger charge is 2.40. The lowest BCUT2D eigenvalue weighted by Crippen LogP contribution is -2.36. The van der Waals surface area contributed by atoms with E-state index in [-0.39, 0.29) is 16.7 Å². The van der Waals surface area contributed by atoms with Crippen molar-refractivity contribution in [3.05, 3.63) is 6.42 Å². The molecule has 0 saturated heterocycles. The summed E-state index contributed by atoms with van der Waals surface area (Å²) in [5, 5.41) is 0. The Kier molecular flexibility index (Phi) is 4.67. The van der Waals surface area contributed by atoms with Crippen LogP contribution in [0, 0.1) is 23.2 Å². The largest absolute Gasteiger partial charge is 0.194 e. The fourth-order valence-electron chi connectivity index (χ4n) is 1.99. The summed E-state index contributed by atoms with van der Waals surface area (Å²) in [6.07, 6.45) is 1.82. The van der Waals surface area contributed by atoms with Crippen LogP contribution in [0.4, 0.5) is 0 Å². The normalized spacial score (nSPS) is 15.0. The van der Waals surface area contributed by atoms with Gasteiger partial charge >= 0.3 is 0 Å². The highest BCUT2D eigenvalue weighted by atomic mass is 35.6. The summed E-state index contributed by atoms with van der Waals surface area (Å²) < 4.78 is -1.27. The summed E-state index contributed by atoms with van der Waals surface area (Å²) >= 11 is 17.4. The highest BCUT2D eigenvalue weighted by Crippen LogP contribution is 2.47. The molecule has 1 radical (unpaired) electrons. The van der Waals surface area contributed by atoms with Gasteiger partial charge in [-0.15, -0.1) is 0 Å². The Labute approximate surface area is 103 Å². The van der Waals surface area contributed by atoms with Gasteiger partial charge in [0.25, 0.3) is 0 Å². The second-order valence-electron chi connectivity index (χ2n) is 5.92. The zero-order valence-corrected chi connectivity index (χ0v) is 12.1. The third-order valence-corrected chi connectivity index (χ3v) is 2.60. The molecule has 0 aliphatic carbocycles. The van der Waals surface area contributed by atoms with Crippen molar-refractivity contribution in [2.24, 2.45) is 16.7 Å². The molecular formula is C11H20Cl3. The molecule has 0 amide bonds. The number of halogens is 3. The van der Waals surface area contributed by atoms with Gasteiger partial charge in [0.05, 0.1) is 0 Å². The van der Waals surface area contributed by atoms with Crippen molar-refractivity contribution < 1.29 is 0 Å². The smallest absolute Gasteiger partial charge is 0.0833 e. The SMILES string of the molecule is CC(C)(C)C([CH]C(Cl)(Cl)Cl)C(C)(C)C. The number of alkyl halides is 3. The third kappa shape index (κ3) is 5.68. The van der Waals surface area contributed by atoms with Gasteiger partial charge in [-0.3, -0.25) is 0 Å². The van der Waals surface area contributed by atoms with Crippen LogP contribution in [0.1, 0.15) is 41.5 Å². The van der Waals surface area contributed by atoms with Gasteiger partial charge in [-0.1, -0.05) is 76.3 Å². The molecule has 0 aromatic heterocycles. The molecule has 0 unspecified atom stereocenters. The number of rotatable bonds is 1. The summed E-state index contributed by atoms with van der Waals surface area (Å²) in [6.45, 7) is 13.0. The molecule has 0 aromatic rings. The van der Waals surface area contributed by atoms with Crippen LogP contribution >= 0.6 is 34.8 Å². The first-order valence-corrected chi connectivity index (χ1v) is 5.90. The molecule has 0 bridgehead atoms. The van der Waals surface area contributed by atoms with Gasteiger partial charge in [-0.05, 0) is 16.7 Å². The summed E-state index contributed by atoms with van der Waals surface area (Å²) in [6, 6.07) is 0. The fourth-order valence-corrected chi connectivity index (χ4v) is 2.37. The minimum atomic E-state index is -1.27. The molecule has 0 rings (SSSR count). The van der Waals surface area contributed by atoms with E-state index in [4.69, 9.17) is 34.8 Å². The Balaban J connectivity index is 4.78. The molecule has 0 spiro atoms. The fraction of sp³-hybridized carbons (Fsp3) is 0.909. The van der Waals surface area contributed by atoms with E-state index in [0.29, 0.717) is 0 Å². The number of hydrogen-bond acceptors (Lipinski definition) is 0. The lowest BCUT2D eigenvalue weighted by molar-refractivity contribution is 0.131. The van der Waals surface area contributed by atoms with Crippen LogP contribution in [0.15, 0.2) is 0 Å². The molecule has 3 heteroatoms. The maximum absolute atomic E-state index is 5.82. The van der Waals surface area contributed by atoms with Crippen LogP contribution in [-0.2, 0) is 0 Å². The molecule has 14 heavy (non-hydrogen) atoms. The van der Waals surface area contributed by atoms with Crippen LogP contribution in [-0.4, -0.2) is 3.79 Å². The molecule has 0 atom stereocenters. The van der Waals surface area contributed by atoms with Gasteiger partial charge < -0.3 is 0 Å². The van der Waals surface area contributed by atoms with Crippen LogP contribution in [0.5, 0.6) is 0 Å². The quantitative estimate of drug-likeness (QED) is 0.562. The van der Waals surface area contributed by atoms with Crippen molar-refractivity contribution in [3.63, 3.8) is 0 Å². The maximum Gasteiger partial charge on any atom is 0.194 e. The summed E-state index contributed by atoms with van der Waals surface area (Å²) in [5.74, 6) is 0.252. The second-order valence-corrected chi connectivity index (χ2v) is 8.29. The predicted molar refractivity (Wildman–Crippen MR) is 67.0 cm³/mol. The lowest BCUT2D eigenvalue weighted by atomic mass is 9.65. The zero-order chi connectivity index (χ0) is 11.8. The predicted octanol–water partition coefficient (Wildman–Crippen LogP) is 5.27.